The van der Waals surface area contributed by atoms with Gasteiger partial charge in [-0.05, 0) is 0 Å². The molecule has 3 nitrogen and oxygen atoms in total. The highest BCUT2D eigenvalue weighted by Gasteiger charge is 1.50. The maximum absolute atomic E-state index is 9.19. The van der Waals surface area contributed by atoms with E-state index in [4.69, 9.17) is 0 Å². The molecule has 0 spiro atoms. The molecule has 32 valence electrons. The summed E-state index contributed by atoms with van der Waals surface area (Å²) < 4.78 is 13.4. The largest absolute Gasteiger partial charge is 0.588 e. The van der Waals surface area contributed by atoms with Crippen molar-refractivity contribution in [3.63, 3.8) is 0 Å². The minimum absolute atomic E-state index is 0. The smallest absolute Gasteiger partial charge is 0.472 e. The van der Waals surface area contributed by atoms with E-state index in [0.717, 1.165) is 0 Å². The Kier molecular flexibility index (Phi) is 16.0. The first kappa shape index (κ1) is 8.89. The molecule has 0 fully saturated rings. The zero-order valence-corrected chi connectivity index (χ0v) is 6.05. The molecule has 0 aliphatic heterocycles. The Morgan fingerprint density at radius 3 is 2.00 bits per heavy atom. The summed E-state index contributed by atoms with van der Waals surface area (Å²) in [5.41, 5.74) is 0. The van der Waals surface area contributed by atoms with Crippen molar-refractivity contribution in [3.8, 4) is 0 Å². The van der Waals surface area contributed by atoms with Crippen LogP contribution in [-0.2, 0) is 8.58 Å². The van der Waals surface area contributed by atoms with Crippen molar-refractivity contribution in [3.05, 3.63) is 0 Å². The van der Waals surface area contributed by atoms with Crippen LogP contribution in [0.25, 0.3) is 0 Å². The second-order valence-electron chi connectivity index (χ2n) is 0.332. The average molecular weight is 110 g/mol. The first-order valence-electron chi connectivity index (χ1n) is 0.880. The molecule has 0 unspecified atom stereocenters. The number of hydrogen-bond acceptors (Lipinski definition) is 2. The lowest BCUT2D eigenvalue weighted by molar-refractivity contribution is 0.503. The lowest BCUT2D eigenvalue weighted by Gasteiger charge is -1.68. The first-order chi connectivity index (χ1) is 1.91. The van der Waals surface area contributed by atoms with Crippen molar-refractivity contribution < 1.29 is 14.1 Å². The van der Waals surface area contributed by atoms with E-state index in [1.807, 2.05) is 0 Å². The summed E-state index contributed by atoms with van der Waals surface area (Å²) >= 11 is 0. The Bertz CT molecular complexity index is 18.9. The number of hydrogen-bond donors (Lipinski definition) is 0. The van der Waals surface area contributed by atoms with Crippen molar-refractivity contribution >= 4 is 20.1 Å². The molecular formula is H6O3Si2. The summed E-state index contributed by atoms with van der Waals surface area (Å²) in [6.07, 6.45) is 0. The van der Waals surface area contributed by atoms with Crippen LogP contribution in [0, 0.1) is 0 Å². The van der Waals surface area contributed by atoms with Crippen LogP contribution in [0.3, 0.4) is 0 Å². The summed E-state index contributed by atoms with van der Waals surface area (Å²) in [6.45, 7) is 0. The Balaban J connectivity index is 0. The van der Waals surface area contributed by atoms with E-state index in [2.05, 4.69) is 4.12 Å². The van der Waals surface area contributed by atoms with E-state index in [-0.39, 0.29) is 5.48 Å². The molecule has 5 heteroatoms. The van der Waals surface area contributed by atoms with Crippen LogP contribution in [-0.4, -0.2) is 25.6 Å². The van der Waals surface area contributed by atoms with Gasteiger partial charge in [-0.1, -0.05) is 0 Å². The minimum Gasteiger partial charge on any atom is -0.588 e. The van der Waals surface area contributed by atoms with Gasteiger partial charge in [0.25, 0.3) is 0 Å². The molecule has 0 atom stereocenters. The molecule has 2 N–H and O–H groups in total. The van der Waals surface area contributed by atoms with Gasteiger partial charge in [-0.3, -0.25) is 0 Å². The Hall–Kier alpha value is -0.00623. The molecule has 0 heterocycles. The Morgan fingerprint density at radius 2 is 2.00 bits per heavy atom. The zero-order chi connectivity index (χ0) is 3.41. The molecule has 0 radical (unpaired) electrons. The van der Waals surface area contributed by atoms with E-state index in [0.29, 0.717) is 10.5 Å². The van der Waals surface area contributed by atoms with Gasteiger partial charge in [0.05, 0.1) is 0 Å². The Morgan fingerprint density at radius 1 is 1.80 bits per heavy atom. The maximum atomic E-state index is 9.19. The average Bonchev–Trinajstić information content (AvgIpc) is 1.37. The topological polar surface area (TPSA) is 57.8 Å². The monoisotopic (exact) mass is 110 g/mol. The minimum atomic E-state index is -0.906. The van der Waals surface area contributed by atoms with E-state index in [1.54, 1.807) is 0 Å². The van der Waals surface area contributed by atoms with Crippen molar-refractivity contribution in [2.75, 3.05) is 0 Å². The standard InChI is InChI=1S/H4O2Si2.H2O/c1-4-2-3;/h4H,3H3;1H2. The molecule has 0 amide bonds. The van der Waals surface area contributed by atoms with Gasteiger partial charge in [0.1, 0.15) is 0 Å². The fraction of sp³-hybridized carbons (Fsp3) is 0. The predicted molar refractivity (Wildman–Crippen MR) is 22.5 cm³/mol. The van der Waals surface area contributed by atoms with Crippen LogP contribution in [0.2, 0.25) is 0 Å². The molecule has 0 bridgehead atoms. The Labute approximate surface area is 35.2 Å². The third-order valence-electron chi connectivity index (χ3n) is 0.0962. The molecule has 0 saturated carbocycles. The van der Waals surface area contributed by atoms with Crippen molar-refractivity contribution in [1.82, 2.24) is 0 Å². The normalized spacial score (nSPS) is 4.80. The SMILES string of the molecule is O.O=[SiH]O[SiH3]. The third-order valence-corrected chi connectivity index (χ3v) is 0.866. The highest BCUT2D eigenvalue weighted by Crippen LogP contribution is 1.29. The van der Waals surface area contributed by atoms with E-state index in [9.17, 15) is 4.46 Å². The highest BCUT2D eigenvalue weighted by molar-refractivity contribution is 6.20. The van der Waals surface area contributed by atoms with Crippen LogP contribution in [0.4, 0.5) is 0 Å². The summed E-state index contributed by atoms with van der Waals surface area (Å²) in [4.78, 5) is 0. The van der Waals surface area contributed by atoms with Gasteiger partial charge in [0.15, 0.2) is 10.5 Å². The molecule has 0 aromatic heterocycles. The quantitative estimate of drug-likeness (QED) is 0.341. The van der Waals surface area contributed by atoms with Crippen LogP contribution < -0.4 is 0 Å². The van der Waals surface area contributed by atoms with Gasteiger partial charge in [-0.2, -0.15) is 0 Å². The second-order valence-corrected chi connectivity index (χ2v) is 2.41. The summed E-state index contributed by atoms with van der Waals surface area (Å²) in [7, 11) is -0.292. The second kappa shape index (κ2) is 9.00. The molecule has 0 aliphatic rings. The van der Waals surface area contributed by atoms with Crippen molar-refractivity contribution in [2.45, 2.75) is 0 Å². The molecule has 0 saturated heterocycles. The fourth-order valence-electron chi connectivity index (χ4n) is 0. The molecule has 0 aliphatic carbocycles. The first-order valence-corrected chi connectivity index (χ1v) is 2.64. The van der Waals surface area contributed by atoms with E-state index in [1.165, 1.54) is 0 Å². The van der Waals surface area contributed by atoms with E-state index >= 15 is 0 Å². The third kappa shape index (κ3) is 16.1. The lowest BCUT2D eigenvalue weighted by atomic mass is 15.8. The van der Waals surface area contributed by atoms with Crippen LogP contribution in [0.5, 0.6) is 0 Å². The van der Waals surface area contributed by atoms with Crippen LogP contribution in [0.15, 0.2) is 0 Å². The molecule has 0 aromatic rings. The van der Waals surface area contributed by atoms with Crippen LogP contribution in [0.1, 0.15) is 0 Å². The van der Waals surface area contributed by atoms with E-state index < -0.39 is 9.65 Å². The molecule has 0 aromatic carbocycles. The predicted octanol–water partition coefficient (Wildman–Crippen LogP) is -2.84. The zero-order valence-electron chi connectivity index (χ0n) is 2.89. The van der Waals surface area contributed by atoms with Gasteiger partial charge in [-0.25, -0.2) is 0 Å². The lowest BCUT2D eigenvalue weighted by Crippen LogP contribution is -1.75. The van der Waals surface area contributed by atoms with Gasteiger partial charge in [0, 0.05) is 0 Å². The van der Waals surface area contributed by atoms with Crippen molar-refractivity contribution in [2.24, 2.45) is 0 Å². The molecule has 0 rings (SSSR count). The van der Waals surface area contributed by atoms with Gasteiger partial charge < -0.3 is 14.1 Å². The summed E-state index contributed by atoms with van der Waals surface area (Å²) in [5.74, 6) is 0. The van der Waals surface area contributed by atoms with Gasteiger partial charge in [-0.15, -0.1) is 0 Å². The molecule has 5 heavy (non-hydrogen) atoms. The summed E-state index contributed by atoms with van der Waals surface area (Å²) in [6, 6.07) is 0. The summed E-state index contributed by atoms with van der Waals surface area (Å²) in [5, 5.41) is 0. The fourth-order valence-corrected chi connectivity index (χ4v) is 0. The van der Waals surface area contributed by atoms with Crippen LogP contribution >= 0.6 is 0 Å². The van der Waals surface area contributed by atoms with Gasteiger partial charge in [0.2, 0.25) is 0 Å². The van der Waals surface area contributed by atoms with Crippen molar-refractivity contribution in [1.29, 1.82) is 0 Å². The molecular weight excluding hydrogens is 104 g/mol. The van der Waals surface area contributed by atoms with Gasteiger partial charge >= 0.3 is 9.65 Å². The number of rotatable bonds is 1. The highest BCUT2D eigenvalue weighted by atomic mass is 28.3. The maximum Gasteiger partial charge on any atom is 0.472 e.